The predicted octanol–water partition coefficient (Wildman–Crippen LogP) is -0.334. The molecule has 0 bridgehead atoms. The number of fused-ring (bicyclic) bond motifs is 3. The van der Waals surface area contributed by atoms with Crippen molar-refractivity contribution < 1.29 is 90.2 Å². The van der Waals surface area contributed by atoms with Crippen LogP contribution < -0.4 is 67.6 Å². The van der Waals surface area contributed by atoms with E-state index in [1.54, 1.807) is 12.1 Å². The summed E-state index contributed by atoms with van der Waals surface area (Å²) in [5, 5.41) is 35.3. The molecule has 2 aromatic carbocycles. The van der Waals surface area contributed by atoms with Crippen LogP contribution in [0.1, 0.15) is 24.0 Å². The Bertz CT molecular complexity index is 1100. The van der Waals surface area contributed by atoms with Gasteiger partial charge in [0.05, 0.1) is 19.0 Å². The number of anilines is 1. The fourth-order valence-corrected chi connectivity index (χ4v) is 3.22. The van der Waals surface area contributed by atoms with Crippen molar-refractivity contribution >= 4 is 36.1 Å². The summed E-state index contributed by atoms with van der Waals surface area (Å²) >= 11 is 0. The van der Waals surface area contributed by atoms with E-state index in [9.17, 15) is 19.4 Å². The largest absolute Gasteiger partial charge is 1.00 e. The van der Waals surface area contributed by atoms with Gasteiger partial charge in [-0.25, -0.2) is 4.79 Å². The number of nitrogen functional groups attached to an aromatic ring is 1. The summed E-state index contributed by atoms with van der Waals surface area (Å²) in [5.74, 6) is -2.62. The van der Waals surface area contributed by atoms with Crippen molar-refractivity contribution in [2.75, 3.05) is 12.3 Å². The number of halogens is 1. The Hall–Kier alpha value is -3.22. The Labute approximate surface area is 248 Å². The average molecular weight is 528 g/mol. The van der Waals surface area contributed by atoms with Gasteiger partial charge in [0.25, 0.3) is 6.47 Å². The molecule has 186 valence electrons. The van der Waals surface area contributed by atoms with Crippen LogP contribution in [0.25, 0.3) is 16.4 Å². The van der Waals surface area contributed by atoms with Crippen LogP contribution in [-0.2, 0) is 25.7 Å². The van der Waals surface area contributed by atoms with E-state index in [-0.39, 0.29) is 74.9 Å². The zero-order valence-corrected chi connectivity index (χ0v) is 22.4. The summed E-state index contributed by atoms with van der Waals surface area (Å²) in [6.07, 6.45) is 1.34. The molecule has 2 aromatic rings. The third-order valence-corrected chi connectivity index (χ3v) is 4.51. The van der Waals surface area contributed by atoms with Gasteiger partial charge in [0.15, 0.2) is 0 Å². The first-order valence-electron chi connectivity index (χ1n) is 9.90. The number of aliphatic carboxylic acids is 1. The molecule has 1 atom stereocenters. The van der Waals surface area contributed by atoms with E-state index in [1.165, 1.54) is 6.07 Å². The minimum absolute atomic E-state index is 0. The van der Waals surface area contributed by atoms with Crippen LogP contribution in [0.4, 0.5) is 15.9 Å². The Balaban J connectivity index is 0.00000159. The molecule has 1 heterocycles. The molecule has 0 radical (unpaired) electrons. The van der Waals surface area contributed by atoms with Crippen molar-refractivity contribution in [3.63, 3.8) is 0 Å². The number of nitriles is 1. The number of nitrogens with zero attached hydrogens (tertiary/aromatic N) is 2. The van der Waals surface area contributed by atoms with Crippen molar-refractivity contribution in [2.24, 2.45) is 5.73 Å². The molecular formula is C22H23FKN5O7. The first kappa shape index (κ1) is 32.8. The zero-order valence-electron chi connectivity index (χ0n) is 19.3. The van der Waals surface area contributed by atoms with Crippen LogP contribution in [0.15, 0.2) is 30.3 Å². The number of nitrogens with two attached hydrogens (primary N) is 2. The second kappa shape index (κ2) is 17.2. The standard InChI is InChI=1S/C20H18FN3O5.CH4N2.CH2O2.K/c21-29-20(27)16(9-17(25)26)24-18-12(10-22)3-5-15-14-6-4-13(23)8-11(14)2-1-7-28-19(15)18;2*2-1-3;/h3-6,8,16,22H,1-2,7,9H2,(H3,23,24,25,26);1H,(H3,2,3);1H,(H,2,3);/q;;;+1/p-1/t16-;;;/m0.../s1. The number of carboxylic acids is 1. The van der Waals surface area contributed by atoms with Crippen molar-refractivity contribution in [1.29, 1.82) is 10.7 Å². The van der Waals surface area contributed by atoms with Crippen molar-refractivity contribution in [3.8, 4) is 22.9 Å². The van der Waals surface area contributed by atoms with E-state index in [1.807, 2.05) is 18.2 Å². The summed E-state index contributed by atoms with van der Waals surface area (Å²) in [4.78, 5) is 34.3. The van der Waals surface area contributed by atoms with E-state index >= 15 is 0 Å². The molecule has 0 aliphatic carbocycles. The molecule has 36 heavy (non-hydrogen) atoms. The number of carboxylic acid groups (broad SMARTS) is 2. The summed E-state index contributed by atoms with van der Waals surface area (Å²) in [7, 11) is 0. The van der Waals surface area contributed by atoms with Crippen LogP contribution in [0.2, 0.25) is 0 Å². The molecule has 12 nitrogen and oxygen atoms in total. The monoisotopic (exact) mass is 527 g/mol. The van der Waals surface area contributed by atoms with E-state index in [2.05, 4.69) is 16.0 Å². The molecule has 0 spiro atoms. The normalized spacial score (nSPS) is 11.4. The van der Waals surface area contributed by atoms with Gasteiger partial charge in [-0.05, 0) is 54.3 Å². The molecule has 3 rings (SSSR count). The predicted molar refractivity (Wildman–Crippen MR) is 123 cm³/mol. The molecule has 0 saturated carbocycles. The van der Waals surface area contributed by atoms with Crippen molar-refractivity contribution in [3.05, 3.63) is 46.8 Å². The summed E-state index contributed by atoms with van der Waals surface area (Å²) in [5.41, 5.74) is 13.3. The van der Waals surface area contributed by atoms with Gasteiger partial charge < -0.3 is 31.7 Å². The summed E-state index contributed by atoms with van der Waals surface area (Å²) < 4.78 is 18.3. The van der Waals surface area contributed by atoms with Gasteiger partial charge in [0.2, 0.25) is 0 Å². The second-order valence-corrected chi connectivity index (χ2v) is 6.73. The number of carbonyl (C=O) groups is 3. The SMILES string of the molecule is N#Cc1ccc2c(c1[N-][C@@H](CC(=O)O)C(=O)OF)OCCCc1cc(N)ccc1-2.N=CN.O=CO.[K+]. The maximum absolute atomic E-state index is 12.5. The Kier molecular flexibility index (Phi) is 15.7. The number of ether oxygens (including phenoxy) is 1. The number of carbonyl (C=O) groups excluding carboxylic acids is 1. The maximum Gasteiger partial charge on any atom is 1.00 e. The molecule has 0 amide bonds. The van der Waals surface area contributed by atoms with Crippen LogP contribution >= 0.6 is 0 Å². The van der Waals surface area contributed by atoms with Gasteiger partial charge in [-0.1, -0.05) is 11.8 Å². The minimum Gasteiger partial charge on any atom is -0.668 e. The third kappa shape index (κ3) is 9.44. The smallest absolute Gasteiger partial charge is 0.668 e. The summed E-state index contributed by atoms with van der Waals surface area (Å²) in [6.45, 7) is 0.0514. The van der Waals surface area contributed by atoms with Crippen LogP contribution in [0.5, 0.6) is 5.75 Å². The summed E-state index contributed by atoms with van der Waals surface area (Å²) in [6, 6.07) is 8.85. The molecule has 0 saturated heterocycles. The van der Waals surface area contributed by atoms with Crippen molar-refractivity contribution in [1.82, 2.24) is 0 Å². The molecule has 1 aliphatic heterocycles. The average Bonchev–Trinajstić information content (AvgIpc) is 2.81. The van der Waals surface area contributed by atoms with Crippen molar-refractivity contribution in [2.45, 2.75) is 25.3 Å². The van der Waals surface area contributed by atoms with Gasteiger partial charge >= 0.3 is 63.3 Å². The van der Waals surface area contributed by atoms with E-state index in [4.69, 9.17) is 30.9 Å². The topological polar surface area (TPSA) is 224 Å². The first-order valence-corrected chi connectivity index (χ1v) is 9.90. The molecule has 0 fully saturated rings. The molecule has 0 aromatic heterocycles. The fraction of sp³-hybridized carbons (Fsp3) is 0.227. The Morgan fingerprint density at radius 2 is 1.94 bits per heavy atom. The Morgan fingerprint density at radius 3 is 2.50 bits per heavy atom. The quantitative estimate of drug-likeness (QED) is 0.112. The third-order valence-electron chi connectivity index (χ3n) is 4.51. The molecular weight excluding hydrogens is 504 g/mol. The van der Waals surface area contributed by atoms with Gasteiger partial charge in [0, 0.05) is 27.8 Å². The van der Waals surface area contributed by atoms with Crippen LogP contribution in [0, 0.1) is 16.7 Å². The van der Waals surface area contributed by atoms with Gasteiger partial charge in [-0.15, -0.1) is 0 Å². The van der Waals surface area contributed by atoms with Gasteiger partial charge in [-0.3, -0.25) is 19.9 Å². The second-order valence-electron chi connectivity index (χ2n) is 6.73. The van der Waals surface area contributed by atoms with Gasteiger partial charge in [-0.2, -0.15) is 5.26 Å². The minimum atomic E-state index is -1.67. The molecule has 0 unspecified atom stereocenters. The van der Waals surface area contributed by atoms with E-state index in [0.717, 1.165) is 23.9 Å². The number of aryl methyl sites for hydroxylation is 1. The van der Waals surface area contributed by atoms with E-state index < -0.39 is 24.4 Å². The number of hydrogen-bond acceptors (Lipinski definition) is 8. The maximum atomic E-state index is 12.5. The zero-order chi connectivity index (χ0) is 26.4. The fourth-order valence-electron chi connectivity index (χ4n) is 3.22. The Morgan fingerprint density at radius 1 is 1.33 bits per heavy atom. The number of benzene rings is 2. The van der Waals surface area contributed by atoms with Gasteiger partial charge in [0.1, 0.15) is 5.75 Å². The number of nitrogens with one attached hydrogen (secondary N) is 1. The molecule has 7 N–H and O–H groups in total. The number of hydrogen-bond donors (Lipinski definition) is 5. The van der Waals surface area contributed by atoms with Crippen LogP contribution in [-0.4, -0.2) is 47.6 Å². The first-order chi connectivity index (χ1) is 16.8. The molecule has 14 heteroatoms. The number of rotatable bonds is 5. The van der Waals surface area contributed by atoms with Crippen LogP contribution in [0.3, 0.4) is 0 Å². The van der Waals surface area contributed by atoms with E-state index in [0.29, 0.717) is 24.3 Å². The molecule has 1 aliphatic rings.